The van der Waals surface area contributed by atoms with Crippen LogP contribution in [0.1, 0.15) is 42.3 Å². The average molecular weight is 516 g/mol. The van der Waals surface area contributed by atoms with Crippen molar-refractivity contribution in [2.75, 3.05) is 19.7 Å². The molecule has 1 aliphatic rings. The normalized spacial score (nSPS) is 16.7. The summed E-state index contributed by atoms with van der Waals surface area (Å²) in [6.07, 6.45) is 3.46. The van der Waals surface area contributed by atoms with E-state index in [1.807, 2.05) is 25.5 Å². The Kier molecular flexibility index (Phi) is 9.34. The largest absolute Gasteiger partial charge is 0.376 e. The Hall–Kier alpha value is -1.69. The van der Waals surface area contributed by atoms with E-state index in [1.54, 1.807) is 0 Å². The maximum Gasteiger partial charge on any atom is 0.191 e. The molecule has 1 unspecified atom stereocenters. The maximum atomic E-state index is 5.70. The summed E-state index contributed by atoms with van der Waals surface area (Å²) in [5.74, 6) is 2.51. The van der Waals surface area contributed by atoms with E-state index >= 15 is 0 Å². The Labute approximate surface area is 189 Å². The number of aromatic nitrogens is 5. The zero-order valence-electron chi connectivity index (χ0n) is 17.8. The number of rotatable bonds is 8. The second-order valence-electron chi connectivity index (χ2n) is 7.33. The molecule has 0 aromatic carbocycles. The van der Waals surface area contributed by atoms with Crippen LogP contribution >= 0.6 is 24.0 Å². The third kappa shape index (κ3) is 6.95. The van der Waals surface area contributed by atoms with Gasteiger partial charge in [-0.2, -0.15) is 5.10 Å². The summed E-state index contributed by atoms with van der Waals surface area (Å²) in [6, 6.07) is 2.10. The molecule has 2 N–H and O–H groups in total. The zero-order chi connectivity index (χ0) is 19.9. The van der Waals surface area contributed by atoms with Gasteiger partial charge in [0.05, 0.1) is 11.8 Å². The Bertz CT molecular complexity index is 794. The zero-order valence-corrected chi connectivity index (χ0v) is 20.1. The van der Waals surface area contributed by atoms with E-state index in [9.17, 15) is 0 Å². The van der Waals surface area contributed by atoms with Crippen LogP contribution < -0.4 is 10.6 Å². The number of nitrogens with one attached hydrogen (secondary N) is 2. The minimum atomic E-state index is 0. The van der Waals surface area contributed by atoms with E-state index in [0.717, 1.165) is 68.8 Å². The van der Waals surface area contributed by atoms with Crippen molar-refractivity contribution < 1.29 is 4.74 Å². The minimum absolute atomic E-state index is 0. The van der Waals surface area contributed by atoms with Crippen LogP contribution in [0.4, 0.5) is 0 Å². The highest BCUT2D eigenvalue weighted by atomic mass is 127. The first kappa shape index (κ1) is 23.6. The summed E-state index contributed by atoms with van der Waals surface area (Å²) >= 11 is 0. The molecule has 1 aliphatic heterocycles. The summed E-state index contributed by atoms with van der Waals surface area (Å²) in [5.41, 5.74) is 2.26. The number of nitrogens with zero attached hydrogens (tertiary/aromatic N) is 6. The molecule has 0 amide bonds. The van der Waals surface area contributed by atoms with Gasteiger partial charge in [0.15, 0.2) is 11.8 Å². The molecule has 162 valence electrons. The summed E-state index contributed by atoms with van der Waals surface area (Å²) in [6.45, 7) is 9.85. The molecule has 29 heavy (non-hydrogen) atoms. The monoisotopic (exact) mass is 516 g/mol. The molecule has 0 spiro atoms. The molecule has 10 heteroatoms. The van der Waals surface area contributed by atoms with Crippen LogP contribution in [0.15, 0.2) is 11.1 Å². The Balaban J connectivity index is 0.00000300. The third-order valence-electron chi connectivity index (χ3n) is 5.02. The lowest BCUT2D eigenvalue weighted by Gasteiger charge is -2.16. The first-order chi connectivity index (χ1) is 13.5. The molecule has 0 aliphatic carbocycles. The van der Waals surface area contributed by atoms with Gasteiger partial charge in [-0.1, -0.05) is 0 Å². The van der Waals surface area contributed by atoms with Crippen molar-refractivity contribution in [3.8, 4) is 0 Å². The van der Waals surface area contributed by atoms with Crippen LogP contribution in [0, 0.1) is 20.8 Å². The highest BCUT2D eigenvalue weighted by Gasteiger charge is 2.15. The van der Waals surface area contributed by atoms with Crippen molar-refractivity contribution in [3.05, 3.63) is 29.1 Å². The van der Waals surface area contributed by atoms with Crippen LogP contribution in [0.3, 0.4) is 0 Å². The molecule has 1 saturated heterocycles. The number of aryl methyl sites for hydroxylation is 4. The standard InChI is InChI=1S/C19H32N8O.HI/c1-14-11-15(2)27(25-14)9-6-8-20-19(21-12-17-7-5-10-28-17)22-13-18-24-23-16(3)26(18)4;/h11,17H,5-10,12-13H2,1-4H3,(H2,20,21,22);1H. The number of guanidine groups is 1. The van der Waals surface area contributed by atoms with E-state index in [4.69, 9.17) is 4.74 Å². The smallest absolute Gasteiger partial charge is 0.191 e. The van der Waals surface area contributed by atoms with Crippen molar-refractivity contribution in [3.63, 3.8) is 0 Å². The van der Waals surface area contributed by atoms with Gasteiger partial charge in [-0.3, -0.25) is 4.68 Å². The lowest BCUT2D eigenvalue weighted by molar-refractivity contribution is 0.114. The van der Waals surface area contributed by atoms with Gasteiger partial charge < -0.3 is 19.9 Å². The Morgan fingerprint density at radius 3 is 2.72 bits per heavy atom. The number of hydrogen-bond acceptors (Lipinski definition) is 5. The summed E-state index contributed by atoms with van der Waals surface area (Å²) in [5, 5.41) is 19.6. The van der Waals surface area contributed by atoms with Gasteiger partial charge in [0.2, 0.25) is 0 Å². The minimum Gasteiger partial charge on any atom is -0.376 e. The molecule has 0 radical (unpaired) electrons. The number of hydrogen-bond donors (Lipinski definition) is 2. The summed E-state index contributed by atoms with van der Waals surface area (Å²) in [4.78, 5) is 4.69. The quantitative estimate of drug-likeness (QED) is 0.241. The fourth-order valence-corrected chi connectivity index (χ4v) is 3.27. The molecule has 9 nitrogen and oxygen atoms in total. The lowest BCUT2D eigenvalue weighted by atomic mass is 10.2. The summed E-state index contributed by atoms with van der Waals surface area (Å²) < 4.78 is 9.72. The van der Waals surface area contributed by atoms with Crippen molar-refractivity contribution in [2.45, 2.75) is 59.2 Å². The van der Waals surface area contributed by atoms with Gasteiger partial charge in [0.25, 0.3) is 0 Å². The average Bonchev–Trinajstić information content (AvgIpc) is 3.37. The van der Waals surface area contributed by atoms with Crippen LogP contribution in [-0.4, -0.2) is 56.3 Å². The highest BCUT2D eigenvalue weighted by Crippen LogP contribution is 2.10. The van der Waals surface area contributed by atoms with E-state index in [1.165, 1.54) is 5.69 Å². The number of aliphatic imine (C=N–C) groups is 1. The molecule has 0 saturated carbocycles. The van der Waals surface area contributed by atoms with Gasteiger partial charge in [-0.15, -0.1) is 34.2 Å². The fraction of sp³-hybridized carbons (Fsp3) is 0.684. The van der Waals surface area contributed by atoms with Crippen molar-refractivity contribution in [2.24, 2.45) is 12.0 Å². The molecule has 2 aromatic rings. The van der Waals surface area contributed by atoms with Crippen LogP contribution in [0.2, 0.25) is 0 Å². The van der Waals surface area contributed by atoms with Crippen LogP contribution in [0.25, 0.3) is 0 Å². The first-order valence-corrected chi connectivity index (χ1v) is 10.0. The van der Waals surface area contributed by atoms with Gasteiger partial charge in [0, 0.05) is 39.0 Å². The van der Waals surface area contributed by atoms with Gasteiger partial charge in [0.1, 0.15) is 12.4 Å². The molecule has 3 heterocycles. The molecule has 0 bridgehead atoms. The molecule has 1 fully saturated rings. The molecular formula is C19H33IN8O. The second kappa shape index (κ2) is 11.5. The van der Waals surface area contributed by atoms with Gasteiger partial charge in [-0.05, 0) is 46.1 Å². The van der Waals surface area contributed by atoms with Crippen molar-refractivity contribution in [1.29, 1.82) is 0 Å². The molecule has 2 aromatic heterocycles. The summed E-state index contributed by atoms with van der Waals surface area (Å²) in [7, 11) is 1.96. The first-order valence-electron chi connectivity index (χ1n) is 10.0. The van der Waals surface area contributed by atoms with Gasteiger partial charge >= 0.3 is 0 Å². The molecule has 1 atom stereocenters. The SMILES string of the molecule is Cc1cc(C)n(CCCNC(=NCc2nnc(C)n2C)NCC2CCCO2)n1.I. The lowest BCUT2D eigenvalue weighted by Crippen LogP contribution is -2.41. The highest BCUT2D eigenvalue weighted by molar-refractivity contribution is 14.0. The predicted molar refractivity (Wildman–Crippen MR) is 124 cm³/mol. The van der Waals surface area contributed by atoms with E-state index in [2.05, 4.69) is 48.6 Å². The molecular weight excluding hydrogens is 483 g/mol. The third-order valence-corrected chi connectivity index (χ3v) is 5.02. The van der Waals surface area contributed by atoms with Gasteiger partial charge in [-0.25, -0.2) is 4.99 Å². The van der Waals surface area contributed by atoms with Crippen molar-refractivity contribution in [1.82, 2.24) is 35.2 Å². The van der Waals surface area contributed by atoms with Crippen LogP contribution in [0.5, 0.6) is 0 Å². The molecule has 3 rings (SSSR count). The Morgan fingerprint density at radius 1 is 1.28 bits per heavy atom. The van der Waals surface area contributed by atoms with E-state index in [0.29, 0.717) is 6.54 Å². The fourth-order valence-electron chi connectivity index (χ4n) is 3.27. The van der Waals surface area contributed by atoms with Crippen molar-refractivity contribution >= 4 is 29.9 Å². The predicted octanol–water partition coefficient (Wildman–Crippen LogP) is 1.86. The second-order valence-corrected chi connectivity index (χ2v) is 7.33. The van der Waals surface area contributed by atoms with E-state index in [-0.39, 0.29) is 30.1 Å². The number of ether oxygens (including phenoxy) is 1. The van der Waals surface area contributed by atoms with Crippen LogP contribution in [-0.2, 0) is 24.9 Å². The maximum absolute atomic E-state index is 5.70. The topological polar surface area (TPSA) is 94.2 Å². The van der Waals surface area contributed by atoms with E-state index < -0.39 is 0 Å². The number of halogens is 1. The Morgan fingerprint density at radius 2 is 2.10 bits per heavy atom.